The van der Waals surface area contributed by atoms with Crippen molar-refractivity contribution in [2.75, 3.05) is 51.3 Å². The number of morpholine rings is 1. The highest BCUT2D eigenvalue weighted by Gasteiger charge is 2.24. The minimum absolute atomic E-state index is 0.0738. The zero-order valence-electron chi connectivity index (χ0n) is 18.9. The number of nitrogens with one attached hydrogen (secondary N) is 2. The smallest absolute Gasteiger partial charge is 0.251 e. The van der Waals surface area contributed by atoms with Gasteiger partial charge in [-0.15, -0.1) is 0 Å². The minimum Gasteiger partial charge on any atom is -0.454 e. The third-order valence-corrected chi connectivity index (χ3v) is 6.17. The lowest BCUT2D eigenvalue weighted by molar-refractivity contribution is 0.0383. The maximum absolute atomic E-state index is 12.9. The molecule has 0 aliphatic carbocycles. The van der Waals surface area contributed by atoms with Crippen molar-refractivity contribution < 1.29 is 22.7 Å². The van der Waals surface area contributed by atoms with Crippen LogP contribution in [0.2, 0.25) is 0 Å². The third kappa shape index (κ3) is 7.43. The predicted molar refractivity (Wildman–Crippen MR) is 127 cm³/mol. The van der Waals surface area contributed by atoms with Crippen LogP contribution >= 0.6 is 0 Å². The highest BCUT2D eigenvalue weighted by molar-refractivity contribution is 7.89. The fourth-order valence-corrected chi connectivity index (χ4v) is 4.14. The lowest BCUT2D eigenvalue weighted by Gasteiger charge is -2.26. The van der Waals surface area contributed by atoms with Crippen molar-refractivity contribution in [3.8, 4) is 11.5 Å². The number of sulfonamides is 1. The SMILES string of the molecule is CCCCNc1cc(C(=O)NCCN2CCOCC2)cc(S(N)(=O)=O)c1Oc1ccccc1. The molecule has 3 rings (SSSR count). The van der Waals surface area contributed by atoms with Gasteiger partial charge in [0, 0.05) is 38.3 Å². The van der Waals surface area contributed by atoms with Gasteiger partial charge < -0.3 is 20.1 Å². The van der Waals surface area contributed by atoms with Crippen molar-refractivity contribution in [3.63, 3.8) is 0 Å². The van der Waals surface area contributed by atoms with Gasteiger partial charge in [-0.1, -0.05) is 31.5 Å². The summed E-state index contributed by atoms with van der Waals surface area (Å²) in [7, 11) is -4.17. The van der Waals surface area contributed by atoms with E-state index in [0.717, 1.165) is 25.9 Å². The van der Waals surface area contributed by atoms with Crippen molar-refractivity contribution in [3.05, 3.63) is 48.0 Å². The number of carbonyl (C=O) groups excluding carboxylic acids is 1. The van der Waals surface area contributed by atoms with Crippen LogP contribution < -0.4 is 20.5 Å². The second-order valence-corrected chi connectivity index (χ2v) is 9.33. The molecule has 1 aliphatic rings. The number of amides is 1. The predicted octanol–water partition coefficient (Wildman–Crippen LogP) is 2.40. The second-order valence-electron chi connectivity index (χ2n) is 7.80. The number of carbonyl (C=O) groups is 1. The van der Waals surface area contributed by atoms with Crippen LogP contribution in [0, 0.1) is 0 Å². The first-order valence-corrected chi connectivity index (χ1v) is 12.7. The molecule has 1 fully saturated rings. The quantitative estimate of drug-likeness (QED) is 0.426. The van der Waals surface area contributed by atoms with Gasteiger partial charge in [-0.3, -0.25) is 9.69 Å². The van der Waals surface area contributed by atoms with Crippen molar-refractivity contribution in [2.24, 2.45) is 5.14 Å². The fourth-order valence-electron chi connectivity index (χ4n) is 3.44. The highest BCUT2D eigenvalue weighted by Crippen LogP contribution is 2.37. The van der Waals surface area contributed by atoms with E-state index in [1.807, 2.05) is 6.07 Å². The van der Waals surface area contributed by atoms with Gasteiger partial charge in [0.15, 0.2) is 5.75 Å². The van der Waals surface area contributed by atoms with E-state index in [0.29, 0.717) is 44.3 Å². The Morgan fingerprint density at radius 3 is 2.55 bits per heavy atom. The molecule has 10 heteroatoms. The van der Waals surface area contributed by atoms with Crippen LogP contribution in [0.25, 0.3) is 0 Å². The summed E-state index contributed by atoms with van der Waals surface area (Å²) in [6.07, 6.45) is 1.82. The molecule has 1 aliphatic heterocycles. The van der Waals surface area contributed by atoms with Crippen LogP contribution in [0.15, 0.2) is 47.4 Å². The Morgan fingerprint density at radius 1 is 1.15 bits per heavy atom. The molecule has 0 atom stereocenters. The molecule has 2 aromatic rings. The molecule has 2 aromatic carbocycles. The number of anilines is 1. The van der Waals surface area contributed by atoms with Gasteiger partial charge in [0.1, 0.15) is 10.6 Å². The van der Waals surface area contributed by atoms with E-state index in [1.54, 1.807) is 30.3 Å². The van der Waals surface area contributed by atoms with Gasteiger partial charge in [-0.25, -0.2) is 13.6 Å². The van der Waals surface area contributed by atoms with E-state index in [4.69, 9.17) is 14.6 Å². The Balaban J connectivity index is 1.86. The average molecular weight is 477 g/mol. The van der Waals surface area contributed by atoms with Crippen LogP contribution in [-0.4, -0.2) is 65.2 Å². The molecule has 4 N–H and O–H groups in total. The summed E-state index contributed by atoms with van der Waals surface area (Å²) in [4.78, 5) is 14.8. The number of primary sulfonamides is 1. The first kappa shape index (κ1) is 25.0. The first-order chi connectivity index (χ1) is 15.9. The average Bonchev–Trinajstić information content (AvgIpc) is 2.80. The summed E-state index contributed by atoms with van der Waals surface area (Å²) in [6.45, 7) is 6.77. The summed E-state index contributed by atoms with van der Waals surface area (Å²) in [5, 5.41) is 11.6. The first-order valence-electron chi connectivity index (χ1n) is 11.1. The standard InChI is InChI=1S/C23H32N4O5S/c1-2-3-9-25-20-16-18(23(28)26-10-11-27-12-14-31-15-13-27)17-21(33(24,29)30)22(20)32-19-7-5-4-6-8-19/h4-8,16-17,25H,2-3,9-15H2,1H3,(H,26,28)(H2,24,29,30). The minimum atomic E-state index is -4.17. The zero-order chi connectivity index (χ0) is 23.7. The Labute approximate surface area is 195 Å². The lowest BCUT2D eigenvalue weighted by atomic mass is 10.1. The summed E-state index contributed by atoms with van der Waals surface area (Å²) in [5.41, 5.74) is 0.595. The van der Waals surface area contributed by atoms with E-state index >= 15 is 0 Å². The summed E-state index contributed by atoms with van der Waals surface area (Å²) >= 11 is 0. The number of nitrogens with zero attached hydrogens (tertiary/aromatic N) is 1. The Hall–Kier alpha value is -2.66. The Morgan fingerprint density at radius 2 is 1.88 bits per heavy atom. The van der Waals surface area contributed by atoms with Crippen molar-refractivity contribution in [2.45, 2.75) is 24.7 Å². The van der Waals surface area contributed by atoms with Crippen LogP contribution in [0.3, 0.4) is 0 Å². The van der Waals surface area contributed by atoms with Gasteiger partial charge in [-0.2, -0.15) is 0 Å². The number of hydrogen-bond acceptors (Lipinski definition) is 7. The van der Waals surface area contributed by atoms with Crippen LogP contribution in [0.1, 0.15) is 30.1 Å². The number of hydrogen-bond donors (Lipinski definition) is 3. The summed E-state index contributed by atoms with van der Waals surface area (Å²) in [6, 6.07) is 11.7. The largest absolute Gasteiger partial charge is 0.454 e. The maximum Gasteiger partial charge on any atom is 0.251 e. The highest BCUT2D eigenvalue weighted by atomic mass is 32.2. The van der Waals surface area contributed by atoms with E-state index in [1.165, 1.54) is 6.07 Å². The third-order valence-electron chi connectivity index (χ3n) is 5.25. The summed E-state index contributed by atoms with van der Waals surface area (Å²) < 4.78 is 36.1. The number of nitrogens with two attached hydrogens (primary N) is 1. The zero-order valence-corrected chi connectivity index (χ0v) is 19.7. The molecular formula is C23H32N4O5S. The molecule has 1 amide bonds. The number of rotatable bonds is 11. The van der Waals surface area contributed by atoms with Crippen LogP contribution in [-0.2, 0) is 14.8 Å². The van der Waals surface area contributed by atoms with E-state index in [9.17, 15) is 13.2 Å². The number of ether oxygens (including phenoxy) is 2. The summed E-state index contributed by atoms with van der Waals surface area (Å²) in [5.74, 6) is 0.159. The molecule has 1 saturated heterocycles. The normalized spacial score (nSPS) is 14.6. The second kappa shape index (κ2) is 12.0. The van der Waals surface area contributed by atoms with Crippen LogP contribution in [0.5, 0.6) is 11.5 Å². The molecule has 0 bridgehead atoms. The number of unbranched alkanes of at least 4 members (excludes halogenated alkanes) is 1. The Kier molecular flexibility index (Phi) is 9.07. The van der Waals surface area contributed by atoms with Crippen molar-refractivity contribution in [1.29, 1.82) is 0 Å². The van der Waals surface area contributed by atoms with Gasteiger partial charge in [0.2, 0.25) is 10.0 Å². The molecule has 9 nitrogen and oxygen atoms in total. The molecule has 0 aromatic heterocycles. The van der Waals surface area contributed by atoms with Gasteiger partial charge in [-0.05, 0) is 30.7 Å². The molecular weight excluding hydrogens is 444 g/mol. The van der Waals surface area contributed by atoms with E-state index in [-0.39, 0.29) is 22.1 Å². The molecule has 0 spiro atoms. The van der Waals surface area contributed by atoms with Gasteiger partial charge >= 0.3 is 0 Å². The number of para-hydroxylation sites is 1. The van der Waals surface area contributed by atoms with Gasteiger partial charge in [0.05, 0.1) is 18.9 Å². The van der Waals surface area contributed by atoms with Gasteiger partial charge in [0.25, 0.3) is 5.91 Å². The molecule has 0 radical (unpaired) electrons. The maximum atomic E-state index is 12.9. The monoisotopic (exact) mass is 476 g/mol. The molecule has 180 valence electrons. The fraction of sp³-hybridized carbons (Fsp3) is 0.435. The number of benzene rings is 2. The van der Waals surface area contributed by atoms with Crippen LogP contribution in [0.4, 0.5) is 5.69 Å². The Bertz CT molecular complexity index is 1020. The van der Waals surface area contributed by atoms with E-state index in [2.05, 4.69) is 22.5 Å². The molecule has 1 heterocycles. The van der Waals surface area contributed by atoms with Crippen molar-refractivity contribution >= 4 is 21.6 Å². The lowest BCUT2D eigenvalue weighted by Crippen LogP contribution is -2.41. The van der Waals surface area contributed by atoms with E-state index < -0.39 is 10.0 Å². The molecule has 0 unspecified atom stereocenters. The molecule has 0 saturated carbocycles. The van der Waals surface area contributed by atoms with Crippen molar-refractivity contribution in [1.82, 2.24) is 10.2 Å². The molecule has 33 heavy (non-hydrogen) atoms. The topological polar surface area (TPSA) is 123 Å².